The van der Waals surface area contributed by atoms with Gasteiger partial charge in [0.05, 0.1) is 12.6 Å². The summed E-state index contributed by atoms with van der Waals surface area (Å²) < 4.78 is 5.40. The van der Waals surface area contributed by atoms with Crippen LogP contribution in [0.3, 0.4) is 0 Å². The zero-order valence-electron chi connectivity index (χ0n) is 14.6. The van der Waals surface area contributed by atoms with Crippen LogP contribution in [0.4, 0.5) is 0 Å². The van der Waals surface area contributed by atoms with E-state index in [4.69, 9.17) is 10.5 Å². The van der Waals surface area contributed by atoms with Gasteiger partial charge >= 0.3 is 0 Å². The number of methoxy groups -OCH3 is 1. The molecule has 2 aromatic rings. The molecule has 3 fully saturated rings. The topological polar surface area (TPSA) is 51.4 Å². The fourth-order valence-electron chi connectivity index (χ4n) is 4.79. The molecule has 4 nitrogen and oxygen atoms in total. The third-order valence-electron chi connectivity index (χ3n) is 6.22. The molecule has 0 radical (unpaired) electrons. The molecule has 0 spiro atoms. The van der Waals surface area contributed by atoms with Gasteiger partial charge in [-0.15, -0.1) is 0 Å². The summed E-state index contributed by atoms with van der Waals surface area (Å²) >= 11 is 0. The van der Waals surface area contributed by atoms with Crippen molar-refractivity contribution in [3.8, 4) is 5.75 Å². The average Bonchev–Trinajstić information content (AvgIpc) is 2.66. The van der Waals surface area contributed by atoms with Crippen molar-refractivity contribution in [2.24, 2.45) is 17.6 Å². The quantitative estimate of drug-likeness (QED) is 0.936. The van der Waals surface area contributed by atoms with E-state index in [9.17, 15) is 0 Å². The molecule has 1 aromatic carbocycles. The molecule has 3 aliphatic heterocycles. The van der Waals surface area contributed by atoms with Crippen molar-refractivity contribution < 1.29 is 4.74 Å². The minimum atomic E-state index is 0.0308. The van der Waals surface area contributed by atoms with Gasteiger partial charge in [0, 0.05) is 30.2 Å². The third kappa shape index (κ3) is 2.58. The zero-order chi connectivity index (χ0) is 16.7. The summed E-state index contributed by atoms with van der Waals surface area (Å²) in [6, 6.07) is 8.62. The number of nitrogens with zero attached hydrogens (tertiary/aromatic N) is 2. The Kier molecular flexibility index (Phi) is 4.19. The number of rotatable bonds is 4. The number of ether oxygens (including phenoxy) is 1. The number of hydrogen-bond donors (Lipinski definition) is 1. The van der Waals surface area contributed by atoms with Crippen molar-refractivity contribution in [1.29, 1.82) is 0 Å². The molecule has 2 bridgehead atoms. The lowest BCUT2D eigenvalue weighted by Gasteiger charge is -2.51. The highest BCUT2D eigenvalue weighted by Crippen LogP contribution is 2.42. The number of hydrogen-bond acceptors (Lipinski definition) is 4. The van der Waals surface area contributed by atoms with Gasteiger partial charge in [-0.1, -0.05) is 13.3 Å². The van der Waals surface area contributed by atoms with Crippen molar-refractivity contribution in [1.82, 2.24) is 9.88 Å². The lowest BCUT2D eigenvalue weighted by Crippen LogP contribution is -2.56. The standard InChI is InChI=1S/C20H27N3O/c1-3-13-12-23-9-7-14(13)10-19(23)20(21)16-6-8-22-18-5-4-15(24-2)11-17(16)18/h4-6,8,11,13-14,19-20H,3,7,9-10,12,21H2,1-2H3/t13?,14?,19-,20?/m1/s1. The van der Waals surface area contributed by atoms with E-state index < -0.39 is 0 Å². The van der Waals surface area contributed by atoms with E-state index >= 15 is 0 Å². The van der Waals surface area contributed by atoms with Gasteiger partial charge < -0.3 is 10.5 Å². The number of aromatic nitrogens is 1. The van der Waals surface area contributed by atoms with Crippen molar-refractivity contribution in [3.05, 3.63) is 36.0 Å². The molecule has 4 unspecified atom stereocenters. The van der Waals surface area contributed by atoms with Crippen molar-refractivity contribution in [2.75, 3.05) is 20.2 Å². The fraction of sp³-hybridized carbons (Fsp3) is 0.550. The summed E-state index contributed by atoms with van der Waals surface area (Å²) in [7, 11) is 1.70. The summed E-state index contributed by atoms with van der Waals surface area (Å²) in [6.07, 6.45) is 5.74. The summed E-state index contributed by atoms with van der Waals surface area (Å²) in [5, 5.41) is 1.12. The molecule has 3 aliphatic rings. The van der Waals surface area contributed by atoms with Crippen LogP contribution in [0.25, 0.3) is 10.9 Å². The first kappa shape index (κ1) is 15.9. The Morgan fingerprint density at radius 3 is 2.96 bits per heavy atom. The van der Waals surface area contributed by atoms with Crippen LogP contribution in [0.15, 0.2) is 30.5 Å². The number of nitrogens with two attached hydrogens (primary N) is 1. The first-order valence-electron chi connectivity index (χ1n) is 9.13. The molecule has 4 heteroatoms. The maximum Gasteiger partial charge on any atom is 0.119 e. The third-order valence-corrected chi connectivity index (χ3v) is 6.22. The van der Waals surface area contributed by atoms with E-state index in [0.29, 0.717) is 6.04 Å². The van der Waals surface area contributed by atoms with Crippen molar-refractivity contribution in [2.45, 2.75) is 38.3 Å². The summed E-state index contributed by atoms with van der Waals surface area (Å²) in [6.45, 7) is 4.74. The summed E-state index contributed by atoms with van der Waals surface area (Å²) in [4.78, 5) is 7.12. The Morgan fingerprint density at radius 1 is 1.38 bits per heavy atom. The number of pyridine rings is 1. The van der Waals surface area contributed by atoms with Crippen molar-refractivity contribution >= 4 is 10.9 Å². The largest absolute Gasteiger partial charge is 0.497 e. The minimum absolute atomic E-state index is 0.0308. The van der Waals surface area contributed by atoms with Gasteiger partial charge in [0.1, 0.15) is 5.75 Å². The molecule has 128 valence electrons. The Morgan fingerprint density at radius 2 is 2.25 bits per heavy atom. The molecule has 24 heavy (non-hydrogen) atoms. The van der Waals surface area contributed by atoms with Gasteiger partial charge in [0.2, 0.25) is 0 Å². The van der Waals surface area contributed by atoms with E-state index in [-0.39, 0.29) is 6.04 Å². The van der Waals surface area contributed by atoms with Crippen LogP contribution in [-0.4, -0.2) is 36.1 Å². The van der Waals surface area contributed by atoms with Crippen LogP contribution < -0.4 is 10.5 Å². The molecule has 0 saturated carbocycles. The molecule has 4 heterocycles. The average molecular weight is 325 g/mol. The second kappa shape index (κ2) is 6.34. The molecule has 5 atom stereocenters. The van der Waals surface area contributed by atoms with Crippen LogP contribution in [0.1, 0.15) is 37.8 Å². The molecule has 3 saturated heterocycles. The highest BCUT2D eigenvalue weighted by Gasteiger charge is 2.41. The van der Waals surface area contributed by atoms with Crippen LogP contribution in [0.5, 0.6) is 5.75 Å². The van der Waals surface area contributed by atoms with Gasteiger partial charge in [-0.05, 0) is 61.1 Å². The molecule has 5 rings (SSSR count). The lowest BCUT2D eigenvalue weighted by molar-refractivity contribution is -0.0105. The van der Waals surface area contributed by atoms with Gasteiger partial charge in [0.15, 0.2) is 0 Å². The predicted octanol–water partition coefficient (Wildman–Crippen LogP) is 3.36. The summed E-state index contributed by atoms with van der Waals surface area (Å²) in [5.74, 6) is 2.57. The van der Waals surface area contributed by atoms with Gasteiger partial charge in [-0.25, -0.2) is 0 Å². The lowest BCUT2D eigenvalue weighted by atomic mass is 9.72. The monoisotopic (exact) mass is 325 g/mol. The van der Waals surface area contributed by atoms with E-state index in [1.165, 1.54) is 37.9 Å². The van der Waals surface area contributed by atoms with Crippen molar-refractivity contribution in [3.63, 3.8) is 0 Å². The van der Waals surface area contributed by atoms with Crippen LogP contribution in [0.2, 0.25) is 0 Å². The van der Waals surface area contributed by atoms with E-state index in [1.54, 1.807) is 7.11 Å². The first-order valence-corrected chi connectivity index (χ1v) is 9.13. The maximum absolute atomic E-state index is 6.79. The van der Waals surface area contributed by atoms with Crippen LogP contribution in [0, 0.1) is 11.8 Å². The second-order valence-corrected chi connectivity index (χ2v) is 7.32. The highest BCUT2D eigenvalue weighted by molar-refractivity contribution is 5.84. The zero-order valence-corrected chi connectivity index (χ0v) is 14.6. The van der Waals surface area contributed by atoms with Gasteiger partial charge in [-0.2, -0.15) is 0 Å². The Hall–Kier alpha value is -1.65. The number of piperidine rings is 3. The predicted molar refractivity (Wildman–Crippen MR) is 97.1 cm³/mol. The second-order valence-electron chi connectivity index (χ2n) is 7.32. The normalized spacial score (nSPS) is 30.5. The molecule has 2 N–H and O–H groups in total. The number of benzene rings is 1. The van der Waals surface area contributed by atoms with Gasteiger partial charge in [0.25, 0.3) is 0 Å². The Balaban J connectivity index is 1.68. The molecular weight excluding hydrogens is 298 g/mol. The molecular formula is C20H27N3O. The first-order chi connectivity index (χ1) is 11.7. The summed E-state index contributed by atoms with van der Waals surface area (Å²) in [5.41, 5.74) is 8.98. The smallest absolute Gasteiger partial charge is 0.119 e. The Labute approximate surface area is 144 Å². The molecule has 0 amide bonds. The van der Waals surface area contributed by atoms with E-state index in [1.807, 2.05) is 18.3 Å². The maximum atomic E-state index is 6.79. The highest BCUT2D eigenvalue weighted by atomic mass is 16.5. The Bertz CT molecular complexity index is 732. The fourth-order valence-corrected chi connectivity index (χ4v) is 4.79. The van der Waals surface area contributed by atoms with Crippen LogP contribution >= 0.6 is 0 Å². The van der Waals surface area contributed by atoms with Gasteiger partial charge in [-0.3, -0.25) is 9.88 Å². The molecule has 1 aromatic heterocycles. The van der Waals surface area contributed by atoms with E-state index in [0.717, 1.165) is 28.5 Å². The SMILES string of the molecule is CCC1CN2CCC1C[C@@H]2C(N)c1ccnc2ccc(OC)cc12. The van der Waals surface area contributed by atoms with E-state index in [2.05, 4.69) is 28.9 Å². The minimum Gasteiger partial charge on any atom is -0.497 e. The number of fused-ring (bicyclic) bond motifs is 4. The van der Waals surface area contributed by atoms with Crippen LogP contribution in [-0.2, 0) is 0 Å². The molecule has 0 aliphatic carbocycles.